The molecule has 0 aliphatic carbocycles. The van der Waals surface area contributed by atoms with Crippen molar-refractivity contribution < 1.29 is 14.6 Å². The highest BCUT2D eigenvalue weighted by Gasteiger charge is 2.30. The van der Waals surface area contributed by atoms with Crippen LogP contribution in [0.25, 0.3) is 0 Å². The maximum Gasteiger partial charge on any atom is 0.241 e. The lowest BCUT2D eigenvalue weighted by atomic mass is 10.1. The second-order valence-corrected chi connectivity index (χ2v) is 5.08. The number of anilines is 1. The number of methoxy groups -OCH3 is 1. The van der Waals surface area contributed by atoms with E-state index in [1.807, 2.05) is 36.1 Å². The van der Waals surface area contributed by atoms with Crippen LogP contribution in [0.15, 0.2) is 24.3 Å². The zero-order chi connectivity index (χ0) is 14.5. The van der Waals surface area contributed by atoms with Crippen molar-refractivity contribution in [1.29, 1.82) is 0 Å². The summed E-state index contributed by atoms with van der Waals surface area (Å²) in [5.41, 5.74) is 0.758. The standard InChI is InChI=1S/C15H22N2O3/c1-3-14(17-9-8-12(18)10-17)15(19)16-11-4-6-13(20-2)7-5-11/h4-7,12,14,18H,3,8-10H2,1-2H3,(H,16,19)/t12-,14?/m0/s1. The number of carbonyl (C=O) groups is 1. The van der Waals surface area contributed by atoms with Gasteiger partial charge in [0.2, 0.25) is 5.91 Å². The molecule has 1 amide bonds. The highest BCUT2D eigenvalue weighted by atomic mass is 16.5. The molecule has 0 spiro atoms. The van der Waals surface area contributed by atoms with E-state index in [9.17, 15) is 9.90 Å². The summed E-state index contributed by atoms with van der Waals surface area (Å²) in [6, 6.07) is 7.09. The fourth-order valence-corrected chi connectivity index (χ4v) is 2.56. The number of rotatable bonds is 5. The largest absolute Gasteiger partial charge is 0.497 e. The first-order valence-corrected chi connectivity index (χ1v) is 7.01. The third kappa shape index (κ3) is 3.49. The molecule has 0 bridgehead atoms. The summed E-state index contributed by atoms with van der Waals surface area (Å²) in [6.07, 6.45) is 1.17. The summed E-state index contributed by atoms with van der Waals surface area (Å²) < 4.78 is 5.09. The van der Waals surface area contributed by atoms with Crippen LogP contribution in [-0.2, 0) is 4.79 Å². The Bertz CT molecular complexity index is 447. The number of aliphatic hydroxyl groups excluding tert-OH is 1. The fraction of sp³-hybridized carbons (Fsp3) is 0.533. The van der Waals surface area contributed by atoms with Crippen molar-refractivity contribution in [2.45, 2.75) is 31.9 Å². The third-order valence-corrected chi connectivity index (χ3v) is 3.68. The van der Waals surface area contributed by atoms with E-state index in [1.54, 1.807) is 7.11 Å². The number of benzene rings is 1. The number of ether oxygens (including phenoxy) is 1. The molecule has 1 aliphatic rings. The summed E-state index contributed by atoms with van der Waals surface area (Å²) in [6.45, 7) is 3.34. The van der Waals surface area contributed by atoms with E-state index in [2.05, 4.69) is 5.32 Å². The van der Waals surface area contributed by atoms with Crippen LogP contribution in [0.4, 0.5) is 5.69 Å². The Hall–Kier alpha value is -1.59. The lowest BCUT2D eigenvalue weighted by Crippen LogP contribution is -2.42. The first kappa shape index (κ1) is 14.8. The van der Waals surface area contributed by atoms with Crippen molar-refractivity contribution in [2.24, 2.45) is 0 Å². The molecule has 1 fully saturated rings. The normalized spacial score (nSPS) is 20.6. The van der Waals surface area contributed by atoms with Crippen molar-refractivity contribution in [2.75, 3.05) is 25.5 Å². The summed E-state index contributed by atoms with van der Waals surface area (Å²) in [5, 5.41) is 12.5. The predicted molar refractivity (Wildman–Crippen MR) is 77.9 cm³/mol. The van der Waals surface area contributed by atoms with Gasteiger partial charge in [0.05, 0.1) is 19.3 Å². The number of amides is 1. The zero-order valence-corrected chi connectivity index (χ0v) is 12.0. The Balaban J connectivity index is 1.97. The number of nitrogens with one attached hydrogen (secondary N) is 1. The molecule has 5 heteroatoms. The highest BCUT2D eigenvalue weighted by Crippen LogP contribution is 2.18. The predicted octanol–water partition coefficient (Wildman–Crippen LogP) is 1.48. The van der Waals surface area contributed by atoms with Gasteiger partial charge in [-0.15, -0.1) is 0 Å². The highest BCUT2D eigenvalue weighted by molar-refractivity contribution is 5.94. The van der Waals surface area contributed by atoms with Gasteiger partial charge in [0.25, 0.3) is 0 Å². The quantitative estimate of drug-likeness (QED) is 0.856. The Morgan fingerprint density at radius 2 is 2.20 bits per heavy atom. The maximum atomic E-state index is 12.3. The summed E-state index contributed by atoms with van der Waals surface area (Å²) >= 11 is 0. The number of nitrogens with zero attached hydrogens (tertiary/aromatic N) is 1. The summed E-state index contributed by atoms with van der Waals surface area (Å²) in [4.78, 5) is 14.4. The molecular weight excluding hydrogens is 256 g/mol. The van der Waals surface area contributed by atoms with Crippen LogP contribution in [0, 0.1) is 0 Å². The molecule has 5 nitrogen and oxygen atoms in total. The maximum absolute atomic E-state index is 12.3. The van der Waals surface area contributed by atoms with E-state index >= 15 is 0 Å². The van der Waals surface area contributed by atoms with Gasteiger partial charge in [0, 0.05) is 18.8 Å². The van der Waals surface area contributed by atoms with Crippen LogP contribution in [0.5, 0.6) is 5.75 Å². The molecular formula is C15H22N2O3. The molecule has 2 atom stereocenters. The Morgan fingerprint density at radius 1 is 1.50 bits per heavy atom. The van der Waals surface area contributed by atoms with Crippen LogP contribution < -0.4 is 10.1 Å². The van der Waals surface area contributed by atoms with E-state index in [0.717, 1.165) is 30.8 Å². The second kappa shape index (κ2) is 6.72. The lowest BCUT2D eigenvalue weighted by molar-refractivity contribution is -0.121. The van der Waals surface area contributed by atoms with E-state index in [1.165, 1.54) is 0 Å². The molecule has 2 rings (SSSR count). The lowest BCUT2D eigenvalue weighted by Gasteiger charge is -2.25. The van der Waals surface area contributed by atoms with E-state index in [0.29, 0.717) is 6.54 Å². The molecule has 1 aliphatic heterocycles. The number of hydrogen-bond donors (Lipinski definition) is 2. The van der Waals surface area contributed by atoms with Crippen LogP contribution >= 0.6 is 0 Å². The molecule has 0 aromatic heterocycles. The number of likely N-dealkylation sites (tertiary alicyclic amines) is 1. The topological polar surface area (TPSA) is 61.8 Å². The van der Waals surface area contributed by atoms with Gasteiger partial charge in [-0.2, -0.15) is 0 Å². The zero-order valence-electron chi connectivity index (χ0n) is 12.0. The van der Waals surface area contributed by atoms with Crippen molar-refractivity contribution >= 4 is 11.6 Å². The second-order valence-electron chi connectivity index (χ2n) is 5.08. The van der Waals surface area contributed by atoms with Crippen LogP contribution in [0.3, 0.4) is 0 Å². The smallest absolute Gasteiger partial charge is 0.241 e. The van der Waals surface area contributed by atoms with Gasteiger partial charge in [-0.05, 0) is 37.1 Å². The first-order chi connectivity index (χ1) is 9.63. The molecule has 20 heavy (non-hydrogen) atoms. The molecule has 0 radical (unpaired) electrons. The van der Waals surface area contributed by atoms with Crippen molar-refractivity contribution in [3.05, 3.63) is 24.3 Å². The fourth-order valence-electron chi connectivity index (χ4n) is 2.56. The molecule has 2 N–H and O–H groups in total. The number of hydrogen-bond acceptors (Lipinski definition) is 4. The molecule has 1 saturated heterocycles. The summed E-state index contributed by atoms with van der Waals surface area (Å²) in [5.74, 6) is 0.740. The van der Waals surface area contributed by atoms with Gasteiger partial charge in [-0.3, -0.25) is 9.69 Å². The molecule has 0 saturated carbocycles. The molecule has 1 unspecified atom stereocenters. The van der Waals surface area contributed by atoms with Gasteiger partial charge >= 0.3 is 0 Å². The van der Waals surface area contributed by atoms with Gasteiger partial charge in [0.15, 0.2) is 0 Å². The number of aliphatic hydroxyl groups is 1. The molecule has 1 heterocycles. The van der Waals surface area contributed by atoms with Crippen molar-refractivity contribution in [1.82, 2.24) is 4.90 Å². The SMILES string of the molecule is CCC(C(=O)Nc1ccc(OC)cc1)N1CC[C@H](O)C1. The Kier molecular flexibility index (Phi) is 4.98. The van der Waals surface area contributed by atoms with E-state index < -0.39 is 0 Å². The third-order valence-electron chi connectivity index (χ3n) is 3.68. The number of carbonyl (C=O) groups excluding carboxylic acids is 1. The molecule has 1 aromatic carbocycles. The average Bonchev–Trinajstić information content (AvgIpc) is 2.87. The van der Waals surface area contributed by atoms with Crippen molar-refractivity contribution in [3.63, 3.8) is 0 Å². The van der Waals surface area contributed by atoms with Gasteiger partial charge in [0.1, 0.15) is 5.75 Å². The Labute approximate surface area is 119 Å². The first-order valence-electron chi connectivity index (χ1n) is 7.01. The van der Waals surface area contributed by atoms with Gasteiger partial charge < -0.3 is 15.2 Å². The van der Waals surface area contributed by atoms with Crippen LogP contribution in [0.2, 0.25) is 0 Å². The minimum absolute atomic E-state index is 0.0215. The Morgan fingerprint density at radius 3 is 2.70 bits per heavy atom. The van der Waals surface area contributed by atoms with Gasteiger partial charge in [-0.25, -0.2) is 0 Å². The molecule has 1 aromatic rings. The molecule has 110 valence electrons. The van der Waals surface area contributed by atoms with Gasteiger partial charge in [-0.1, -0.05) is 6.92 Å². The monoisotopic (exact) mass is 278 g/mol. The number of β-amino-alcohol motifs (C(OH)–C–C–N with tert-alkyl or cyclic N) is 1. The van der Waals surface area contributed by atoms with Crippen LogP contribution in [-0.4, -0.2) is 48.3 Å². The average molecular weight is 278 g/mol. The van der Waals surface area contributed by atoms with E-state index in [4.69, 9.17) is 4.74 Å². The van der Waals surface area contributed by atoms with Crippen molar-refractivity contribution in [3.8, 4) is 5.75 Å². The minimum atomic E-state index is -0.308. The minimum Gasteiger partial charge on any atom is -0.497 e. The van der Waals surface area contributed by atoms with Crippen LogP contribution in [0.1, 0.15) is 19.8 Å². The summed E-state index contributed by atoms with van der Waals surface area (Å²) in [7, 11) is 1.61. The van der Waals surface area contributed by atoms with E-state index in [-0.39, 0.29) is 18.1 Å².